The minimum Gasteiger partial charge on any atom is -0.494 e. The molecule has 0 amide bonds. The van der Waals surface area contributed by atoms with Crippen molar-refractivity contribution >= 4 is 11.4 Å². The Bertz CT molecular complexity index is 444. The van der Waals surface area contributed by atoms with Crippen LogP contribution < -0.4 is 10.1 Å². The fourth-order valence-electron chi connectivity index (χ4n) is 2.24. The van der Waals surface area contributed by atoms with Gasteiger partial charge in [-0.3, -0.25) is 10.1 Å². The molecule has 1 aliphatic carbocycles. The van der Waals surface area contributed by atoms with Crippen molar-refractivity contribution in [3.05, 3.63) is 28.3 Å². The van der Waals surface area contributed by atoms with Gasteiger partial charge in [0.2, 0.25) is 0 Å². The Morgan fingerprint density at radius 2 is 2.21 bits per heavy atom. The van der Waals surface area contributed by atoms with E-state index in [4.69, 9.17) is 4.74 Å². The second-order valence-corrected chi connectivity index (χ2v) is 4.92. The van der Waals surface area contributed by atoms with Gasteiger partial charge < -0.3 is 10.1 Å². The number of nitro groups is 1. The van der Waals surface area contributed by atoms with Crippen LogP contribution >= 0.6 is 0 Å². The van der Waals surface area contributed by atoms with Crippen LogP contribution in [-0.4, -0.2) is 18.1 Å². The lowest BCUT2D eigenvalue weighted by atomic mass is 9.83. The lowest BCUT2D eigenvalue weighted by molar-refractivity contribution is -0.384. The highest BCUT2D eigenvalue weighted by Gasteiger charge is 2.16. The van der Waals surface area contributed by atoms with Crippen molar-refractivity contribution in [1.82, 2.24) is 0 Å². The van der Waals surface area contributed by atoms with Crippen molar-refractivity contribution in [3.63, 3.8) is 0 Å². The summed E-state index contributed by atoms with van der Waals surface area (Å²) >= 11 is 0. The van der Waals surface area contributed by atoms with Crippen LogP contribution in [0.4, 0.5) is 11.4 Å². The lowest BCUT2D eigenvalue weighted by Crippen LogP contribution is -2.15. The Kier molecular flexibility index (Phi) is 4.60. The van der Waals surface area contributed by atoms with Gasteiger partial charge in [-0.05, 0) is 19.3 Å². The fraction of sp³-hybridized carbons (Fsp3) is 0.571. The van der Waals surface area contributed by atoms with Gasteiger partial charge in [0.05, 0.1) is 17.6 Å². The molecule has 0 aromatic heterocycles. The van der Waals surface area contributed by atoms with Crippen molar-refractivity contribution in [3.8, 4) is 5.75 Å². The molecular weight excluding hydrogens is 244 g/mol. The molecule has 1 aromatic carbocycles. The van der Waals surface area contributed by atoms with Crippen LogP contribution in [0.15, 0.2) is 18.2 Å². The van der Waals surface area contributed by atoms with Gasteiger partial charge in [-0.1, -0.05) is 19.3 Å². The van der Waals surface area contributed by atoms with E-state index in [0.29, 0.717) is 12.4 Å². The quantitative estimate of drug-likeness (QED) is 0.603. The minimum atomic E-state index is -0.389. The molecule has 2 rings (SSSR count). The zero-order valence-corrected chi connectivity index (χ0v) is 11.2. The number of non-ortho nitro benzene ring substituents is 1. The third kappa shape index (κ3) is 3.84. The zero-order valence-electron chi connectivity index (χ0n) is 11.2. The van der Waals surface area contributed by atoms with Gasteiger partial charge in [0.25, 0.3) is 5.69 Å². The average Bonchev–Trinajstić information content (AvgIpc) is 2.32. The summed E-state index contributed by atoms with van der Waals surface area (Å²) in [5.74, 6) is 1.38. The van der Waals surface area contributed by atoms with Crippen molar-refractivity contribution < 1.29 is 9.66 Å². The van der Waals surface area contributed by atoms with Crippen molar-refractivity contribution in [2.75, 3.05) is 18.5 Å². The molecule has 1 aliphatic rings. The number of rotatable bonds is 7. The molecule has 0 radical (unpaired) electrons. The van der Waals surface area contributed by atoms with E-state index < -0.39 is 0 Å². The Labute approximate surface area is 113 Å². The van der Waals surface area contributed by atoms with Gasteiger partial charge in [-0.2, -0.15) is 0 Å². The number of hydrogen-bond donors (Lipinski definition) is 1. The molecular formula is C14H20N2O3. The largest absolute Gasteiger partial charge is 0.494 e. The molecule has 0 atom stereocenters. The third-order valence-corrected chi connectivity index (χ3v) is 3.52. The first-order chi connectivity index (χ1) is 9.19. The van der Waals surface area contributed by atoms with E-state index in [0.717, 1.165) is 24.6 Å². The van der Waals surface area contributed by atoms with Gasteiger partial charge in [0.15, 0.2) is 0 Å². The van der Waals surface area contributed by atoms with Gasteiger partial charge in [-0.25, -0.2) is 0 Å². The molecule has 1 aromatic rings. The molecule has 0 spiro atoms. The van der Waals surface area contributed by atoms with Crippen molar-refractivity contribution in [2.24, 2.45) is 5.92 Å². The van der Waals surface area contributed by atoms with Crippen molar-refractivity contribution in [2.45, 2.75) is 32.6 Å². The number of anilines is 1. The predicted molar refractivity (Wildman–Crippen MR) is 74.7 cm³/mol. The van der Waals surface area contributed by atoms with Gasteiger partial charge in [0.1, 0.15) is 5.75 Å². The first-order valence-corrected chi connectivity index (χ1v) is 6.85. The molecule has 1 fully saturated rings. The second-order valence-electron chi connectivity index (χ2n) is 4.92. The second kappa shape index (κ2) is 6.41. The van der Waals surface area contributed by atoms with E-state index in [-0.39, 0.29) is 10.6 Å². The molecule has 0 bridgehead atoms. The van der Waals surface area contributed by atoms with E-state index in [2.05, 4.69) is 5.32 Å². The molecule has 0 heterocycles. The first kappa shape index (κ1) is 13.6. The van der Waals surface area contributed by atoms with E-state index in [9.17, 15) is 10.1 Å². The number of ether oxygens (including phenoxy) is 1. The maximum absolute atomic E-state index is 10.9. The number of nitro benzene ring substituents is 1. The number of nitrogens with one attached hydrogen (secondary N) is 1. The maximum Gasteiger partial charge on any atom is 0.275 e. The monoisotopic (exact) mass is 264 g/mol. The van der Waals surface area contributed by atoms with Crippen LogP contribution in [0.3, 0.4) is 0 Å². The summed E-state index contributed by atoms with van der Waals surface area (Å²) in [6, 6.07) is 4.83. The smallest absolute Gasteiger partial charge is 0.275 e. The lowest BCUT2D eigenvalue weighted by Gasteiger charge is -2.25. The van der Waals surface area contributed by atoms with E-state index >= 15 is 0 Å². The van der Waals surface area contributed by atoms with Gasteiger partial charge in [-0.15, -0.1) is 0 Å². The summed E-state index contributed by atoms with van der Waals surface area (Å²) in [6.07, 6.45) is 5.12. The molecule has 1 N–H and O–H groups in total. The summed E-state index contributed by atoms with van der Waals surface area (Å²) in [4.78, 5) is 10.5. The summed E-state index contributed by atoms with van der Waals surface area (Å²) in [5.41, 5.74) is 0.828. The third-order valence-electron chi connectivity index (χ3n) is 3.52. The van der Waals surface area contributed by atoms with Crippen LogP contribution in [0.2, 0.25) is 0 Å². The first-order valence-electron chi connectivity index (χ1n) is 6.85. The molecule has 19 heavy (non-hydrogen) atoms. The highest BCUT2D eigenvalue weighted by Crippen LogP contribution is 2.30. The van der Waals surface area contributed by atoms with Crippen LogP contribution in [0, 0.1) is 16.0 Å². The summed E-state index contributed by atoms with van der Waals surface area (Å²) < 4.78 is 5.35. The molecule has 5 nitrogen and oxygen atoms in total. The minimum absolute atomic E-state index is 0.0668. The zero-order chi connectivity index (χ0) is 13.7. The van der Waals surface area contributed by atoms with Crippen molar-refractivity contribution in [1.29, 1.82) is 0 Å². The Hall–Kier alpha value is -1.78. The SMILES string of the molecule is CCOc1cc(NCCC2CCC2)cc([N+](=O)[O-])c1. The Balaban J connectivity index is 1.98. The topological polar surface area (TPSA) is 64.4 Å². The Morgan fingerprint density at radius 1 is 1.42 bits per heavy atom. The Morgan fingerprint density at radius 3 is 2.79 bits per heavy atom. The van der Waals surface area contributed by atoms with E-state index in [1.54, 1.807) is 6.07 Å². The molecule has 5 heteroatoms. The summed E-state index contributed by atoms with van der Waals surface area (Å²) in [7, 11) is 0. The summed E-state index contributed by atoms with van der Waals surface area (Å²) in [5, 5.41) is 14.1. The molecule has 0 aliphatic heterocycles. The average molecular weight is 264 g/mol. The van der Waals surface area contributed by atoms with E-state index in [1.807, 2.05) is 13.0 Å². The fourth-order valence-corrected chi connectivity index (χ4v) is 2.24. The van der Waals surface area contributed by atoms with Crippen LogP contribution in [0.5, 0.6) is 5.75 Å². The number of hydrogen-bond acceptors (Lipinski definition) is 4. The molecule has 1 saturated carbocycles. The maximum atomic E-state index is 10.9. The van der Waals surface area contributed by atoms with Gasteiger partial charge >= 0.3 is 0 Å². The highest BCUT2D eigenvalue weighted by molar-refractivity contribution is 5.56. The molecule has 0 unspecified atom stereocenters. The molecule has 104 valence electrons. The van der Waals surface area contributed by atoms with Crippen LogP contribution in [0.25, 0.3) is 0 Å². The standard InChI is InChI=1S/C14H20N2O3/c1-2-19-14-9-12(8-13(10-14)16(17)18)15-7-6-11-4-3-5-11/h8-11,15H,2-7H2,1H3. The number of benzene rings is 1. The normalized spacial score (nSPS) is 14.8. The summed E-state index contributed by atoms with van der Waals surface area (Å²) in [6.45, 7) is 3.22. The number of nitrogens with zero attached hydrogens (tertiary/aromatic N) is 1. The molecule has 0 saturated heterocycles. The van der Waals surface area contributed by atoms with Crippen LogP contribution in [-0.2, 0) is 0 Å². The highest BCUT2D eigenvalue weighted by atomic mass is 16.6. The van der Waals surface area contributed by atoms with Crippen LogP contribution in [0.1, 0.15) is 32.6 Å². The van der Waals surface area contributed by atoms with E-state index in [1.165, 1.54) is 25.3 Å². The van der Waals surface area contributed by atoms with Gasteiger partial charge in [0, 0.05) is 24.4 Å². The predicted octanol–water partition coefficient (Wildman–Crippen LogP) is 3.60.